The maximum absolute atomic E-state index is 2.30. The van der Waals surface area contributed by atoms with Crippen LogP contribution in [0, 0.1) is 0 Å². The van der Waals surface area contributed by atoms with Crippen molar-refractivity contribution in [2.24, 2.45) is 0 Å². The van der Waals surface area contributed by atoms with Crippen LogP contribution >= 0.6 is 0 Å². The Balaban J connectivity index is -0.00000132. The minimum Gasteiger partial charge on any atom is -1.00 e. The van der Waals surface area contributed by atoms with E-state index in [1.807, 2.05) is 0 Å². The molecular formula is C22H34Na2. The van der Waals surface area contributed by atoms with Gasteiger partial charge in [-0.05, 0) is 29.2 Å². The number of hydrogen-bond donors (Lipinski definition) is 0. The number of aryl methyl sites for hydroxylation is 1. The van der Waals surface area contributed by atoms with E-state index in [0.717, 1.165) is 0 Å². The molecule has 0 aliphatic rings. The van der Waals surface area contributed by atoms with Gasteiger partial charge in [0.2, 0.25) is 0 Å². The average molecular weight is 344 g/mol. The molecule has 2 heteroatoms. The summed E-state index contributed by atoms with van der Waals surface area (Å²) in [6.45, 7) is 2.29. The van der Waals surface area contributed by atoms with E-state index in [9.17, 15) is 0 Å². The van der Waals surface area contributed by atoms with Gasteiger partial charge in [0, 0.05) is 0 Å². The molecule has 24 heavy (non-hydrogen) atoms. The number of hydrogen-bond acceptors (Lipinski definition) is 0. The van der Waals surface area contributed by atoms with E-state index in [1.165, 1.54) is 87.0 Å². The van der Waals surface area contributed by atoms with Gasteiger partial charge in [0.25, 0.3) is 0 Å². The van der Waals surface area contributed by atoms with Crippen LogP contribution in [0.1, 0.15) is 79.5 Å². The van der Waals surface area contributed by atoms with Gasteiger partial charge < -0.3 is 2.85 Å². The largest absolute Gasteiger partial charge is 1.00 e. The van der Waals surface area contributed by atoms with Crippen LogP contribution in [0.2, 0.25) is 0 Å². The van der Waals surface area contributed by atoms with Crippen LogP contribution in [0.25, 0.3) is 10.8 Å². The van der Waals surface area contributed by atoms with Crippen molar-refractivity contribution in [2.45, 2.75) is 77.6 Å². The summed E-state index contributed by atoms with van der Waals surface area (Å²) in [5.74, 6) is 0. The van der Waals surface area contributed by atoms with E-state index in [4.69, 9.17) is 0 Å². The van der Waals surface area contributed by atoms with Crippen LogP contribution in [0.5, 0.6) is 0 Å². The van der Waals surface area contributed by atoms with E-state index >= 15 is 0 Å². The quantitative estimate of drug-likeness (QED) is 0.428. The van der Waals surface area contributed by atoms with Gasteiger partial charge in [0.15, 0.2) is 0 Å². The predicted molar refractivity (Wildman–Crippen MR) is 102 cm³/mol. The van der Waals surface area contributed by atoms with E-state index in [2.05, 4.69) is 49.4 Å². The van der Waals surface area contributed by atoms with Crippen molar-refractivity contribution in [1.82, 2.24) is 0 Å². The Hall–Kier alpha value is 0.700. The van der Waals surface area contributed by atoms with E-state index < -0.39 is 0 Å². The first-order valence-corrected chi connectivity index (χ1v) is 9.38. The van der Waals surface area contributed by atoms with Gasteiger partial charge in [-0.25, -0.2) is 0 Å². The van der Waals surface area contributed by atoms with E-state index in [-0.39, 0.29) is 62.0 Å². The molecule has 2 aromatic carbocycles. The molecular weight excluding hydrogens is 310 g/mol. The fraction of sp³-hybridized carbons (Fsp3) is 0.545. The van der Waals surface area contributed by atoms with Gasteiger partial charge in [0.1, 0.15) is 0 Å². The summed E-state index contributed by atoms with van der Waals surface area (Å²) in [7, 11) is 0. The first kappa shape index (κ1) is 24.7. The standard InChI is InChI=1S/C22H32.2Na.2H/c1-2-3-4-5-6-7-8-9-10-11-15-20-17-14-18-21-16-12-13-19-22(20)21;;;;/h12-14,16-19H,2-11,15H2,1H3;;;;/q;2*+1;2*-1. The van der Waals surface area contributed by atoms with Crippen molar-refractivity contribution in [3.05, 3.63) is 48.0 Å². The average Bonchev–Trinajstić information content (AvgIpc) is 2.56. The van der Waals surface area contributed by atoms with Gasteiger partial charge in [-0.2, -0.15) is 0 Å². The minimum atomic E-state index is 0. The minimum absolute atomic E-state index is 0. The molecule has 0 aromatic heterocycles. The zero-order chi connectivity index (χ0) is 15.5. The monoisotopic (exact) mass is 344 g/mol. The third-order valence-corrected chi connectivity index (χ3v) is 4.68. The maximum Gasteiger partial charge on any atom is 1.00 e. The molecule has 0 N–H and O–H groups in total. The molecule has 124 valence electrons. The Bertz CT molecular complexity index is 541. The fourth-order valence-corrected chi connectivity index (χ4v) is 3.31. The molecule has 0 saturated carbocycles. The van der Waals surface area contributed by atoms with Crippen LogP contribution in [0.4, 0.5) is 0 Å². The molecule has 2 rings (SSSR count). The Labute approximate surface area is 196 Å². The molecule has 0 radical (unpaired) electrons. The second kappa shape index (κ2) is 15.9. The fourth-order valence-electron chi connectivity index (χ4n) is 3.31. The molecule has 0 aliphatic heterocycles. The molecule has 0 aliphatic carbocycles. The second-order valence-corrected chi connectivity index (χ2v) is 6.57. The van der Waals surface area contributed by atoms with Crippen LogP contribution in [-0.4, -0.2) is 0 Å². The van der Waals surface area contributed by atoms with Crippen molar-refractivity contribution < 1.29 is 62.0 Å². The normalized spacial score (nSPS) is 10.2. The number of benzene rings is 2. The number of rotatable bonds is 11. The van der Waals surface area contributed by atoms with Gasteiger partial charge in [-0.15, -0.1) is 0 Å². The first-order valence-electron chi connectivity index (χ1n) is 9.38. The van der Waals surface area contributed by atoms with Crippen molar-refractivity contribution in [3.8, 4) is 0 Å². The SMILES string of the molecule is CCCCCCCCCCCCc1cccc2ccccc12.[H-].[H-].[Na+].[Na+]. The van der Waals surface area contributed by atoms with Crippen LogP contribution in [0.15, 0.2) is 42.5 Å². The molecule has 2 aromatic rings. The van der Waals surface area contributed by atoms with E-state index in [1.54, 1.807) is 0 Å². The predicted octanol–water partition coefficient (Wildman–Crippen LogP) is 1.54. The smallest absolute Gasteiger partial charge is 1.00 e. The third-order valence-electron chi connectivity index (χ3n) is 4.68. The third kappa shape index (κ3) is 9.41. The molecule has 0 fully saturated rings. The molecule has 0 bridgehead atoms. The molecule has 0 unspecified atom stereocenters. The number of fused-ring (bicyclic) bond motifs is 1. The zero-order valence-electron chi connectivity index (χ0n) is 18.3. The molecule has 0 nitrogen and oxygen atoms in total. The molecule has 0 saturated heterocycles. The Morgan fingerprint density at radius 1 is 0.625 bits per heavy atom. The van der Waals surface area contributed by atoms with Gasteiger partial charge in [-0.1, -0.05) is 107 Å². The number of unbranched alkanes of at least 4 members (excludes halogenated alkanes) is 9. The van der Waals surface area contributed by atoms with Crippen molar-refractivity contribution in [2.75, 3.05) is 0 Å². The van der Waals surface area contributed by atoms with E-state index in [0.29, 0.717) is 0 Å². The summed E-state index contributed by atoms with van der Waals surface area (Å²) in [4.78, 5) is 0. The van der Waals surface area contributed by atoms with Crippen LogP contribution in [-0.2, 0) is 6.42 Å². The Morgan fingerprint density at radius 3 is 1.83 bits per heavy atom. The van der Waals surface area contributed by atoms with Crippen molar-refractivity contribution in [1.29, 1.82) is 0 Å². The summed E-state index contributed by atoms with van der Waals surface area (Å²) in [6, 6.07) is 15.5. The first-order chi connectivity index (χ1) is 10.9. The zero-order valence-corrected chi connectivity index (χ0v) is 20.3. The molecule has 0 amide bonds. The topological polar surface area (TPSA) is 0 Å². The Morgan fingerprint density at radius 2 is 1.17 bits per heavy atom. The summed E-state index contributed by atoms with van der Waals surface area (Å²) in [6.07, 6.45) is 15.4. The van der Waals surface area contributed by atoms with Gasteiger partial charge >= 0.3 is 59.1 Å². The van der Waals surface area contributed by atoms with Crippen LogP contribution < -0.4 is 59.1 Å². The molecule has 0 heterocycles. The summed E-state index contributed by atoms with van der Waals surface area (Å²) in [5, 5.41) is 2.83. The van der Waals surface area contributed by atoms with Gasteiger partial charge in [-0.3, -0.25) is 0 Å². The Kier molecular flexibility index (Phi) is 16.4. The summed E-state index contributed by atoms with van der Waals surface area (Å²) in [5.41, 5.74) is 1.53. The second-order valence-electron chi connectivity index (χ2n) is 6.57. The summed E-state index contributed by atoms with van der Waals surface area (Å²) < 4.78 is 0. The summed E-state index contributed by atoms with van der Waals surface area (Å²) >= 11 is 0. The van der Waals surface area contributed by atoms with Crippen molar-refractivity contribution >= 4 is 10.8 Å². The van der Waals surface area contributed by atoms with Gasteiger partial charge in [0.05, 0.1) is 0 Å². The van der Waals surface area contributed by atoms with Crippen LogP contribution in [0.3, 0.4) is 0 Å². The maximum atomic E-state index is 2.30. The molecule has 0 atom stereocenters. The molecule has 0 spiro atoms. The van der Waals surface area contributed by atoms with Crippen molar-refractivity contribution in [3.63, 3.8) is 0 Å².